The molecule has 0 radical (unpaired) electrons. The van der Waals surface area contributed by atoms with Crippen LogP contribution in [0.15, 0.2) is 0 Å². The van der Waals surface area contributed by atoms with Gasteiger partial charge in [-0.25, -0.2) is 4.79 Å². The first-order chi connectivity index (χ1) is 10.7. The maximum Gasteiger partial charge on any atom is 0.410 e. The van der Waals surface area contributed by atoms with E-state index in [4.69, 9.17) is 4.74 Å². The summed E-state index contributed by atoms with van der Waals surface area (Å²) < 4.78 is 5.41. The SMILES string of the molecule is CCC(CC)C(=O)N(C)CC1CCN(C(=O)OC(C)(C)C)CC1. The third kappa shape index (κ3) is 6.40. The second-order valence-electron chi connectivity index (χ2n) is 7.64. The lowest BCUT2D eigenvalue weighted by Crippen LogP contribution is -2.44. The minimum Gasteiger partial charge on any atom is -0.444 e. The van der Waals surface area contributed by atoms with Crippen LogP contribution in [0.1, 0.15) is 60.3 Å². The molecule has 0 atom stereocenters. The van der Waals surface area contributed by atoms with E-state index in [1.807, 2.05) is 32.7 Å². The van der Waals surface area contributed by atoms with E-state index < -0.39 is 5.60 Å². The van der Waals surface area contributed by atoms with Crippen LogP contribution in [0, 0.1) is 11.8 Å². The van der Waals surface area contributed by atoms with E-state index in [-0.39, 0.29) is 17.9 Å². The van der Waals surface area contributed by atoms with Gasteiger partial charge in [0.15, 0.2) is 0 Å². The Bertz CT molecular complexity index is 392. The topological polar surface area (TPSA) is 49.9 Å². The van der Waals surface area contributed by atoms with Gasteiger partial charge in [0.2, 0.25) is 5.91 Å². The van der Waals surface area contributed by atoms with E-state index in [0.717, 1.165) is 32.2 Å². The third-order valence-electron chi connectivity index (χ3n) is 4.51. The maximum absolute atomic E-state index is 12.3. The first kappa shape index (κ1) is 19.8. The van der Waals surface area contributed by atoms with Crippen LogP contribution in [-0.4, -0.2) is 54.1 Å². The van der Waals surface area contributed by atoms with Crippen LogP contribution in [-0.2, 0) is 9.53 Å². The molecule has 2 amide bonds. The second-order valence-corrected chi connectivity index (χ2v) is 7.64. The summed E-state index contributed by atoms with van der Waals surface area (Å²) in [6, 6.07) is 0. The monoisotopic (exact) mass is 326 g/mol. The van der Waals surface area contributed by atoms with E-state index in [2.05, 4.69) is 13.8 Å². The Labute approximate surface area is 141 Å². The summed E-state index contributed by atoms with van der Waals surface area (Å²) in [7, 11) is 1.90. The van der Waals surface area contributed by atoms with Gasteiger partial charge in [-0.15, -0.1) is 0 Å². The zero-order valence-electron chi connectivity index (χ0n) is 15.7. The molecule has 0 saturated carbocycles. The van der Waals surface area contributed by atoms with Crippen molar-refractivity contribution in [2.45, 2.75) is 65.9 Å². The van der Waals surface area contributed by atoms with Gasteiger partial charge < -0.3 is 14.5 Å². The van der Waals surface area contributed by atoms with E-state index in [9.17, 15) is 9.59 Å². The molecule has 23 heavy (non-hydrogen) atoms. The van der Waals surface area contributed by atoms with Crippen molar-refractivity contribution in [1.82, 2.24) is 9.80 Å². The Morgan fingerprint density at radius 2 is 1.70 bits per heavy atom. The maximum atomic E-state index is 12.3. The highest BCUT2D eigenvalue weighted by Crippen LogP contribution is 2.21. The molecule has 0 spiro atoms. The predicted octanol–water partition coefficient (Wildman–Crippen LogP) is 3.53. The van der Waals surface area contributed by atoms with Crippen molar-refractivity contribution in [2.75, 3.05) is 26.7 Å². The zero-order chi connectivity index (χ0) is 17.6. The van der Waals surface area contributed by atoms with Crippen LogP contribution >= 0.6 is 0 Å². The van der Waals surface area contributed by atoms with Gasteiger partial charge >= 0.3 is 6.09 Å². The lowest BCUT2D eigenvalue weighted by atomic mass is 9.95. The standard InChI is InChI=1S/C18H34N2O3/c1-7-15(8-2)16(21)19(6)13-14-9-11-20(12-10-14)17(22)23-18(3,4)5/h14-15H,7-13H2,1-6H3. The first-order valence-electron chi connectivity index (χ1n) is 8.90. The fourth-order valence-corrected chi connectivity index (χ4v) is 3.05. The highest BCUT2D eigenvalue weighted by molar-refractivity contribution is 5.78. The molecule has 5 heteroatoms. The van der Waals surface area contributed by atoms with E-state index in [0.29, 0.717) is 19.0 Å². The van der Waals surface area contributed by atoms with Crippen molar-refractivity contribution in [3.05, 3.63) is 0 Å². The van der Waals surface area contributed by atoms with Crippen molar-refractivity contribution in [1.29, 1.82) is 0 Å². The molecule has 0 aromatic rings. The number of hydrogen-bond donors (Lipinski definition) is 0. The predicted molar refractivity (Wildman–Crippen MR) is 92.2 cm³/mol. The fourth-order valence-electron chi connectivity index (χ4n) is 3.05. The van der Waals surface area contributed by atoms with Crippen molar-refractivity contribution in [3.63, 3.8) is 0 Å². The summed E-state index contributed by atoms with van der Waals surface area (Å²) in [5.41, 5.74) is -0.449. The lowest BCUT2D eigenvalue weighted by molar-refractivity contribution is -0.135. The minimum atomic E-state index is -0.449. The number of piperidine rings is 1. The molecule has 0 aromatic carbocycles. The quantitative estimate of drug-likeness (QED) is 0.776. The Balaban J connectivity index is 2.42. The Morgan fingerprint density at radius 3 is 2.13 bits per heavy atom. The van der Waals surface area contributed by atoms with Crippen LogP contribution in [0.2, 0.25) is 0 Å². The fraction of sp³-hybridized carbons (Fsp3) is 0.889. The second kappa shape index (κ2) is 8.55. The number of likely N-dealkylation sites (tertiary alicyclic amines) is 1. The Kier molecular flexibility index (Phi) is 7.36. The van der Waals surface area contributed by atoms with Gasteiger partial charge in [0.05, 0.1) is 0 Å². The highest BCUT2D eigenvalue weighted by Gasteiger charge is 2.28. The molecule has 1 rings (SSSR count). The van der Waals surface area contributed by atoms with Crippen molar-refractivity contribution in [2.24, 2.45) is 11.8 Å². The summed E-state index contributed by atoms with van der Waals surface area (Å²) in [5.74, 6) is 0.864. The summed E-state index contributed by atoms with van der Waals surface area (Å²) in [6.45, 7) is 12.0. The molecule has 0 bridgehead atoms. The summed E-state index contributed by atoms with van der Waals surface area (Å²) in [6.07, 6.45) is 3.44. The van der Waals surface area contributed by atoms with Gasteiger partial charge in [0, 0.05) is 32.6 Å². The smallest absolute Gasteiger partial charge is 0.410 e. The molecule has 1 saturated heterocycles. The molecule has 0 aliphatic carbocycles. The van der Waals surface area contributed by atoms with E-state index >= 15 is 0 Å². The average Bonchev–Trinajstić information content (AvgIpc) is 2.47. The number of nitrogens with zero attached hydrogens (tertiary/aromatic N) is 2. The number of rotatable bonds is 5. The van der Waals surface area contributed by atoms with Crippen molar-refractivity contribution >= 4 is 12.0 Å². The average molecular weight is 326 g/mol. The van der Waals surface area contributed by atoms with E-state index in [1.165, 1.54) is 0 Å². The van der Waals surface area contributed by atoms with Gasteiger partial charge in [-0.1, -0.05) is 13.8 Å². The lowest BCUT2D eigenvalue weighted by Gasteiger charge is -2.35. The molecule has 0 N–H and O–H groups in total. The van der Waals surface area contributed by atoms with Crippen LogP contribution < -0.4 is 0 Å². The van der Waals surface area contributed by atoms with Gasteiger partial charge in [-0.2, -0.15) is 0 Å². The molecule has 1 fully saturated rings. The van der Waals surface area contributed by atoms with Gasteiger partial charge in [0.1, 0.15) is 5.60 Å². The van der Waals surface area contributed by atoms with Gasteiger partial charge in [-0.05, 0) is 52.4 Å². The van der Waals surface area contributed by atoms with Crippen LogP contribution in [0.4, 0.5) is 4.79 Å². The van der Waals surface area contributed by atoms with Crippen LogP contribution in [0.25, 0.3) is 0 Å². The summed E-state index contributed by atoms with van der Waals surface area (Å²) in [4.78, 5) is 28.1. The largest absolute Gasteiger partial charge is 0.444 e. The molecule has 0 unspecified atom stereocenters. The summed E-state index contributed by atoms with van der Waals surface area (Å²) in [5, 5.41) is 0. The third-order valence-corrected chi connectivity index (χ3v) is 4.51. The number of amides is 2. The number of carbonyl (C=O) groups is 2. The minimum absolute atomic E-state index is 0.141. The first-order valence-corrected chi connectivity index (χ1v) is 8.90. The molecule has 134 valence electrons. The van der Waals surface area contributed by atoms with Gasteiger partial charge in [0.25, 0.3) is 0 Å². The van der Waals surface area contributed by atoms with Crippen molar-refractivity contribution in [3.8, 4) is 0 Å². The summed E-state index contributed by atoms with van der Waals surface area (Å²) >= 11 is 0. The zero-order valence-corrected chi connectivity index (χ0v) is 15.7. The highest BCUT2D eigenvalue weighted by atomic mass is 16.6. The number of ether oxygens (including phenoxy) is 1. The molecule has 1 aliphatic rings. The molecular weight excluding hydrogens is 292 g/mol. The van der Waals surface area contributed by atoms with E-state index in [1.54, 1.807) is 4.90 Å². The van der Waals surface area contributed by atoms with Crippen LogP contribution in [0.5, 0.6) is 0 Å². The molecule has 1 heterocycles. The number of carbonyl (C=O) groups excluding carboxylic acids is 2. The molecule has 5 nitrogen and oxygen atoms in total. The van der Waals surface area contributed by atoms with Crippen molar-refractivity contribution < 1.29 is 14.3 Å². The van der Waals surface area contributed by atoms with Gasteiger partial charge in [-0.3, -0.25) is 4.79 Å². The number of hydrogen-bond acceptors (Lipinski definition) is 3. The van der Waals surface area contributed by atoms with Crippen LogP contribution in [0.3, 0.4) is 0 Å². The Morgan fingerprint density at radius 1 is 1.17 bits per heavy atom. The normalized spacial score (nSPS) is 16.6. The Hall–Kier alpha value is -1.26. The molecule has 0 aromatic heterocycles. The molecule has 1 aliphatic heterocycles. The molecular formula is C18H34N2O3.